The molecule has 1 atom stereocenters. The zero-order valence-corrected chi connectivity index (χ0v) is 34.6. The van der Waals surface area contributed by atoms with Crippen LogP contribution in [0.1, 0.15) is 219 Å². The van der Waals surface area contributed by atoms with Crippen LogP contribution in [0.5, 0.6) is 0 Å². The maximum absolute atomic E-state index is 6.54. The minimum Gasteiger partial charge on any atom is -0.335 e. The molecule has 49 heavy (non-hydrogen) atoms. The molecule has 0 aromatic rings. The van der Waals surface area contributed by atoms with Crippen LogP contribution in [0.2, 0.25) is 0 Å². The molecule has 2 heterocycles. The van der Waals surface area contributed by atoms with Crippen LogP contribution in [0.25, 0.3) is 0 Å². The first kappa shape index (κ1) is 45.8. The van der Waals surface area contributed by atoms with E-state index in [1.807, 2.05) is 0 Å². The summed E-state index contributed by atoms with van der Waals surface area (Å²) in [6, 6.07) is 0. The Kier molecular flexibility index (Phi) is 31.0. The van der Waals surface area contributed by atoms with Crippen LogP contribution >= 0.6 is 18.1 Å². The molecule has 2 aliphatic rings. The lowest BCUT2D eigenvalue weighted by Crippen LogP contribution is -2.62. The van der Waals surface area contributed by atoms with E-state index in [4.69, 9.17) is 27.6 Å². The maximum Gasteiger partial charge on any atom is 0.300 e. The number of hydrogen-bond donors (Lipinski definition) is 0. The monoisotopic (exact) mass is 733 g/mol. The number of hydrogen-bond acceptors (Lipinski definition) is 6. The lowest BCUT2D eigenvalue weighted by Gasteiger charge is -2.51. The van der Waals surface area contributed by atoms with Crippen LogP contribution in [-0.2, 0) is 27.6 Å². The molecule has 2 saturated heterocycles. The summed E-state index contributed by atoms with van der Waals surface area (Å²) in [6.07, 6.45) is 43.6. The van der Waals surface area contributed by atoms with Crippen molar-refractivity contribution in [3.8, 4) is 0 Å². The Bertz CT molecular complexity index is 647. The minimum atomic E-state index is -1.14. The van der Waals surface area contributed by atoms with Gasteiger partial charge in [-0.05, 0) is 12.8 Å². The van der Waals surface area contributed by atoms with E-state index < -0.39 is 11.4 Å². The Hall–Kier alpha value is 0.620. The molecular weight excluding hydrogens is 650 g/mol. The van der Waals surface area contributed by atoms with E-state index in [9.17, 15) is 0 Å². The zero-order valence-electron chi connectivity index (χ0n) is 32.6. The van der Waals surface area contributed by atoms with Crippen molar-refractivity contribution in [3.05, 3.63) is 0 Å². The minimum absolute atomic E-state index is 0.0571. The second-order valence-electron chi connectivity index (χ2n) is 15.3. The van der Waals surface area contributed by atoms with Gasteiger partial charge in [0.15, 0.2) is 18.1 Å². The SMILES string of the molecule is CCCCCCCCCCCCCCCCCCOC1(OCCCCCCCCCCCCCCCCCC)OPOCC12COPOC2. The first-order chi connectivity index (χ1) is 24.3. The normalized spacial score (nSPS) is 20.2. The van der Waals surface area contributed by atoms with Gasteiger partial charge in [-0.25, -0.2) is 0 Å². The van der Waals surface area contributed by atoms with E-state index in [0.29, 0.717) is 33.0 Å². The molecule has 1 spiro atoms. The highest BCUT2D eigenvalue weighted by Crippen LogP contribution is 2.51. The van der Waals surface area contributed by atoms with Crippen molar-refractivity contribution in [2.75, 3.05) is 33.0 Å². The molecular formula is C41H82O6P2. The van der Waals surface area contributed by atoms with Crippen molar-refractivity contribution >= 4 is 18.1 Å². The molecule has 292 valence electrons. The lowest BCUT2D eigenvalue weighted by atomic mass is 9.87. The van der Waals surface area contributed by atoms with E-state index in [-0.39, 0.29) is 18.1 Å². The summed E-state index contributed by atoms with van der Waals surface area (Å²) >= 11 is 0. The summed E-state index contributed by atoms with van der Waals surface area (Å²) in [5.41, 5.74) is -0.576. The highest BCUT2D eigenvalue weighted by molar-refractivity contribution is 7.26. The molecule has 0 bridgehead atoms. The van der Waals surface area contributed by atoms with Gasteiger partial charge < -0.3 is 23.0 Å². The quantitative estimate of drug-likeness (QED) is 0.0363. The van der Waals surface area contributed by atoms with E-state index in [1.54, 1.807) is 0 Å². The van der Waals surface area contributed by atoms with Crippen LogP contribution in [-0.4, -0.2) is 39.0 Å². The van der Waals surface area contributed by atoms with Gasteiger partial charge in [-0.3, -0.25) is 4.52 Å². The fraction of sp³-hybridized carbons (Fsp3) is 1.00. The summed E-state index contributed by atoms with van der Waals surface area (Å²) in [6.45, 7) is 7.29. The van der Waals surface area contributed by atoms with E-state index >= 15 is 0 Å². The molecule has 2 rings (SSSR count). The summed E-state index contributed by atoms with van der Waals surface area (Å²) in [5.74, 6) is -1.14. The smallest absolute Gasteiger partial charge is 0.300 e. The van der Waals surface area contributed by atoms with Gasteiger partial charge in [0.2, 0.25) is 0 Å². The summed E-state index contributed by atoms with van der Waals surface area (Å²) in [5, 5.41) is 0. The van der Waals surface area contributed by atoms with Crippen molar-refractivity contribution in [2.24, 2.45) is 5.41 Å². The van der Waals surface area contributed by atoms with Crippen molar-refractivity contribution in [1.29, 1.82) is 0 Å². The van der Waals surface area contributed by atoms with Crippen molar-refractivity contribution in [3.63, 3.8) is 0 Å². The fourth-order valence-electron chi connectivity index (χ4n) is 7.25. The molecule has 0 aliphatic carbocycles. The van der Waals surface area contributed by atoms with Gasteiger partial charge in [0.1, 0.15) is 5.41 Å². The second kappa shape index (κ2) is 33.2. The number of rotatable bonds is 36. The Labute approximate surface area is 308 Å². The van der Waals surface area contributed by atoms with Crippen LogP contribution in [0.4, 0.5) is 0 Å². The number of unbranched alkanes of at least 4 members (excludes halogenated alkanes) is 30. The Morgan fingerprint density at radius 1 is 0.367 bits per heavy atom. The van der Waals surface area contributed by atoms with Crippen molar-refractivity contribution < 1.29 is 27.6 Å². The average Bonchev–Trinajstić information content (AvgIpc) is 3.12. The van der Waals surface area contributed by atoms with Crippen LogP contribution in [0, 0.1) is 5.41 Å². The second-order valence-corrected chi connectivity index (χ2v) is 16.7. The third-order valence-corrected chi connectivity index (χ3v) is 11.8. The molecule has 0 amide bonds. The van der Waals surface area contributed by atoms with Gasteiger partial charge in [-0.1, -0.05) is 206 Å². The Morgan fingerprint density at radius 3 is 0.939 bits per heavy atom. The molecule has 2 fully saturated rings. The summed E-state index contributed by atoms with van der Waals surface area (Å²) < 4.78 is 36.6. The molecule has 2 aliphatic heterocycles. The molecule has 0 aromatic heterocycles. The van der Waals surface area contributed by atoms with Gasteiger partial charge in [0, 0.05) is 0 Å². The van der Waals surface area contributed by atoms with Crippen LogP contribution in [0.15, 0.2) is 0 Å². The van der Waals surface area contributed by atoms with Crippen molar-refractivity contribution in [2.45, 2.75) is 225 Å². The zero-order chi connectivity index (χ0) is 34.8. The maximum atomic E-state index is 6.54. The van der Waals surface area contributed by atoms with Crippen molar-refractivity contribution in [1.82, 2.24) is 0 Å². The highest BCUT2D eigenvalue weighted by Gasteiger charge is 2.60. The molecule has 1 unspecified atom stereocenters. The molecule has 0 saturated carbocycles. The summed E-state index contributed by atoms with van der Waals surface area (Å²) in [4.78, 5) is 0. The predicted octanol–water partition coefficient (Wildman–Crippen LogP) is 14.3. The third kappa shape index (κ3) is 22.4. The molecule has 6 nitrogen and oxygen atoms in total. The molecule has 8 heteroatoms. The molecule has 0 N–H and O–H groups in total. The van der Waals surface area contributed by atoms with Crippen LogP contribution in [0.3, 0.4) is 0 Å². The first-order valence-electron chi connectivity index (χ1n) is 21.6. The van der Waals surface area contributed by atoms with Gasteiger partial charge in [-0.15, -0.1) is 0 Å². The fourth-order valence-corrected chi connectivity index (χ4v) is 8.84. The third-order valence-electron chi connectivity index (χ3n) is 10.6. The Balaban J connectivity index is 1.51. The molecule has 0 radical (unpaired) electrons. The average molecular weight is 733 g/mol. The van der Waals surface area contributed by atoms with E-state index in [2.05, 4.69) is 13.8 Å². The van der Waals surface area contributed by atoms with E-state index in [0.717, 1.165) is 12.8 Å². The predicted molar refractivity (Wildman–Crippen MR) is 212 cm³/mol. The van der Waals surface area contributed by atoms with Gasteiger partial charge >= 0.3 is 5.97 Å². The first-order valence-corrected chi connectivity index (χ1v) is 23.2. The van der Waals surface area contributed by atoms with E-state index in [1.165, 1.54) is 193 Å². The lowest BCUT2D eigenvalue weighted by molar-refractivity contribution is -0.419. The highest BCUT2D eigenvalue weighted by atomic mass is 31.1. The van der Waals surface area contributed by atoms with Crippen LogP contribution < -0.4 is 0 Å². The Morgan fingerprint density at radius 2 is 0.633 bits per heavy atom. The van der Waals surface area contributed by atoms with Gasteiger partial charge in [0.25, 0.3) is 0 Å². The summed E-state index contributed by atoms with van der Waals surface area (Å²) in [7, 11) is -0.0293. The topological polar surface area (TPSA) is 55.4 Å². The molecule has 0 aromatic carbocycles. The standard InChI is InChI=1S/C41H82O6P2/c1-3-5-7-9-11-13-15-17-19-21-23-25-27-29-31-33-35-42-41(40(39-46-49-47-41)37-44-48-45-38-40)43-36-34-32-30-28-26-24-22-20-18-16-14-12-10-8-6-4-2/h48-49H,3-39H2,1-2H3. The number of ether oxygens (including phenoxy) is 2. The largest absolute Gasteiger partial charge is 0.335 e. The van der Waals surface area contributed by atoms with Gasteiger partial charge in [0.05, 0.1) is 33.0 Å². The van der Waals surface area contributed by atoms with Gasteiger partial charge in [-0.2, -0.15) is 0 Å².